The smallest absolute Gasteiger partial charge is 0.0181 e. The van der Waals surface area contributed by atoms with E-state index in [0.717, 1.165) is 4.47 Å². The molecule has 0 saturated heterocycles. The molecule has 9 heavy (non-hydrogen) atoms. The molecule has 0 spiro atoms. The molecule has 0 amide bonds. The lowest BCUT2D eigenvalue weighted by molar-refractivity contribution is 1.50. The number of rotatable bonds is 0. The lowest BCUT2D eigenvalue weighted by Gasteiger charge is -1.97. The van der Waals surface area contributed by atoms with Crippen molar-refractivity contribution in [3.8, 4) is 0 Å². The van der Waals surface area contributed by atoms with Crippen LogP contribution >= 0.6 is 25.2 Å². The number of benzene rings is 1. The number of halogens is 1. The Hall–Kier alpha value is 0.130. The quantitative estimate of drug-likeness (QED) is 0.567. The van der Waals surface area contributed by atoms with Crippen LogP contribution < -0.4 is 5.30 Å². The van der Waals surface area contributed by atoms with Gasteiger partial charge in [-0.3, -0.25) is 0 Å². The van der Waals surface area contributed by atoms with Crippen LogP contribution in [-0.2, 0) is 0 Å². The molecule has 0 aliphatic heterocycles. The van der Waals surface area contributed by atoms with Crippen LogP contribution in [-0.4, -0.2) is 0 Å². The summed E-state index contributed by atoms with van der Waals surface area (Å²) in [4.78, 5) is 0. The van der Waals surface area contributed by atoms with Gasteiger partial charge in [0.25, 0.3) is 0 Å². The zero-order valence-electron chi connectivity index (χ0n) is 5.19. The number of aryl methyl sites for hydroxylation is 1. The Morgan fingerprint density at radius 1 is 1.44 bits per heavy atom. The van der Waals surface area contributed by atoms with Gasteiger partial charge < -0.3 is 0 Å². The number of hydrogen-bond donors (Lipinski definition) is 0. The Kier molecular flexibility index (Phi) is 2.26. The average molecular weight is 203 g/mol. The Morgan fingerprint density at radius 2 is 2.11 bits per heavy atom. The van der Waals surface area contributed by atoms with Crippen LogP contribution in [0.25, 0.3) is 0 Å². The first kappa shape index (κ1) is 7.24. The molecule has 1 unspecified atom stereocenters. The minimum atomic E-state index is 1.14. The largest absolute Gasteiger partial charge is 0.105 e. The second-order valence-corrected chi connectivity index (χ2v) is 3.54. The lowest BCUT2D eigenvalue weighted by Crippen LogP contribution is -1.94. The average Bonchev–Trinajstić information content (AvgIpc) is 1.80. The molecule has 48 valence electrons. The molecule has 2 heteroatoms. The summed E-state index contributed by atoms with van der Waals surface area (Å²) in [5.41, 5.74) is 1.31. The Morgan fingerprint density at radius 3 is 2.56 bits per heavy atom. The van der Waals surface area contributed by atoms with Crippen molar-refractivity contribution in [2.45, 2.75) is 6.92 Å². The van der Waals surface area contributed by atoms with Gasteiger partial charge in [-0.15, -0.1) is 9.24 Å². The maximum Gasteiger partial charge on any atom is 0.0181 e. The molecule has 0 aliphatic rings. The van der Waals surface area contributed by atoms with E-state index in [1.165, 1.54) is 10.9 Å². The Labute approximate surface area is 66.0 Å². The van der Waals surface area contributed by atoms with E-state index in [-0.39, 0.29) is 0 Å². The third-order valence-electron chi connectivity index (χ3n) is 1.24. The first-order valence-corrected chi connectivity index (χ1v) is 4.09. The molecule has 0 saturated carbocycles. The molecule has 0 radical (unpaired) electrons. The van der Waals surface area contributed by atoms with Gasteiger partial charge in [0.15, 0.2) is 0 Å². The topological polar surface area (TPSA) is 0 Å². The highest BCUT2D eigenvalue weighted by molar-refractivity contribution is 9.10. The van der Waals surface area contributed by atoms with Gasteiger partial charge in [-0.05, 0) is 29.9 Å². The molecule has 1 rings (SSSR count). The molecule has 0 aliphatic carbocycles. The first-order chi connectivity index (χ1) is 4.20. The van der Waals surface area contributed by atoms with Crippen LogP contribution in [0.5, 0.6) is 0 Å². The molecule has 0 fully saturated rings. The van der Waals surface area contributed by atoms with Crippen molar-refractivity contribution in [1.29, 1.82) is 0 Å². The van der Waals surface area contributed by atoms with Gasteiger partial charge in [-0.25, -0.2) is 0 Å². The van der Waals surface area contributed by atoms with Gasteiger partial charge in [0.05, 0.1) is 0 Å². The van der Waals surface area contributed by atoms with Crippen molar-refractivity contribution in [3.63, 3.8) is 0 Å². The second kappa shape index (κ2) is 2.81. The molecule has 0 aromatic heterocycles. The van der Waals surface area contributed by atoms with Crippen molar-refractivity contribution in [2.24, 2.45) is 0 Å². The second-order valence-electron chi connectivity index (χ2n) is 2.00. The molecule has 1 aromatic carbocycles. The summed E-state index contributed by atoms with van der Waals surface area (Å²) in [6.45, 7) is 2.09. The first-order valence-electron chi connectivity index (χ1n) is 2.72. The van der Waals surface area contributed by atoms with Crippen LogP contribution in [0.15, 0.2) is 22.7 Å². The SMILES string of the molecule is Cc1ccc(Br)cc1P. The van der Waals surface area contributed by atoms with Gasteiger partial charge in [-0.1, -0.05) is 22.0 Å². The van der Waals surface area contributed by atoms with Gasteiger partial charge >= 0.3 is 0 Å². The van der Waals surface area contributed by atoms with Crippen molar-refractivity contribution < 1.29 is 0 Å². The summed E-state index contributed by atoms with van der Waals surface area (Å²) in [5, 5.41) is 1.25. The van der Waals surface area contributed by atoms with E-state index in [9.17, 15) is 0 Å². The maximum atomic E-state index is 3.38. The van der Waals surface area contributed by atoms with Crippen LogP contribution in [0.4, 0.5) is 0 Å². The molecule has 0 N–H and O–H groups in total. The minimum absolute atomic E-state index is 1.14. The summed E-state index contributed by atoms with van der Waals surface area (Å²) in [6, 6.07) is 6.22. The molecular formula is C7H8BrP. The minimum Gasteiger partial charge on any atom is -0.105 e. The highest BCUT2D eigenvalue weighted by Gasteiger charge is 1.90. The molecular weight excluding hydrogens is 195 g/mol. The van der Waals surface area contributed by atoms with Crippen LogP contribution in [0.2, 0.25) is 0 Å². The predicted octanol–water partition coefficient (Wildman–Crippen LogP) is 2.26. The third kappa shape index (κ3) is 1.77. The van der Waals surface area contributed by atoms with Gasteiger partial charge in [0.1, 0.15) is 0 Å². The molecule has 0 bridgehead atoms. The number of hydrogen-bond acceptors (Lipinski definition) is 0. The lowest BCUT2D eigenvalue weighted by atomic mass is 10.2. The summed E-state index contributed by atoms with van der Waals surface area (Å²) < 4.78 is 1.14. The zero-order valence-corrected chi connectivity index (χ0v) is 7.93. The molecule has 0 nitrogen and oxygen atoms in total. The normalized spacial score (nSPS) is 9.67. The van der Waals surface area contributed by atoms with Gasteiger partial charge in [0.2, 0.25) is 0 Å². The van der Waals surface area contributed by atoms with Crippen molar-refractivity contribution >= 4 is 30.5 Å². The Balaban J connectivity index is 3.17. The van der Waals surface area contributed by atoms with E-state index in [1.807, 2.05) is 6.07 Å². The standard InChI is InChI=1S/C7H8BrP/c1-5-2-3-6(8)4-7(5)9/h2-4H,9H2,1H3. The summed E-state index contributed by atoms with van der Waals surface area (Å²) in [5.74, 6) is 0. The van der Waals surface area contributed by atoms with E-state index in [1.54, 1.807) is 0 Å². The van der Waals surface area contributed by atoms with Gasteiger partial charge in [0, 0.05) is 4.47 Å². The fourth-order valence-electron chi connectivity index (χ4n) is 0.611. The summed E-state index contributed by atoms with van der Waals surface area (Å²) in [6.07, 6.45) is 0. The fourth-order valence-corrected chi connectivity index (χ4v) is 1.51. The monoisotopic (exact) mass is 202 g/mol. The van der Waals surface area contributed by atoms with Gasteiger partial charge in [-0.2, -0.15) is 0 Å². The van der Waals surface area contributed by atoms with E-state index in [2.05, 4.69) is 44.2 Å². The fraction of sp³-hybridized carbons (Fsp3) is 0.143. The summed E-state index contributed by atoms with van der Waals surface area (Å²) >= 11 is 3.38. The van der Waals surface area contributed by atoms with Crippen molar-refractivity contribution in [1.82, 2.24) is 0 Å². The third-order valence-corrected chi connectivity index (χ3v) is 2.36. The molecule has 1 atom stereocenters. The van der Waals surface area contributed by atoms with Crippen LogP contribution in [0.3, 0.4) is 0 Å². The highest BCUT2D eigenvalue weighted by Crippen LogP contribution is 2.09. The molecule has 0 heterocycles. The van der Waals surface area contributed by atoms with Crippen LogP contribution in [0, 0.1) is 6.92 Å². The maximum absolute atomic E-state index is 3.38. The highest BCUT2D eigenvalue weighted by atomic mass is 79.9. The van der Waals surface area contributed by atoms with E-state index in [0.29, 0.717) is 0 Å². The van der Waals surface area contributed by atoms with E-state index >= 15 is 0 Å². The predicted molar refractivity (Wildman–Crippen MR) is 48.2 cm³/mol. The Bertz CT molecular complexity index is 220. The van der Waals surface area contributed by atoms with Crippen molar-refractivity contribution in [3.05, 3.63) is 28.2 Å². The van der Waals surface area contributed by atoms with Crippen LogP contribution in [0.1, 0.15) is 5.56 Å². The molecule has 1 aromatic rings. The van der Waals surface area contributed by atoms with E-state index < -0.39 is 0 Å². The van der Waals surface area contributed by atoms with Crippen molar-refractivity contribution in [2.75, 3.05) is 0 Å². The summed E-state index contributed by atoms with van der Waals surface area (Å²) in [7, 11) is 2.69. The van der Waals surface area contributed by atoms with E-state index in [4.69, 9.17) is 0 Å². The zero-order chi connectivity index (χ0) is 6.85.